The predicted octanol–water partition coefficient (Wildman–Crippen LogP) is 2.98. The smallest absolute Gasteiger partial charge is 0.000242 e. The van der Waals surface area contributed by atoms with E-state index in [1.165, 1.54) is 12.8 Å². The fourth-order valence-corrected chi connectivity index (χ4v) is 0.923. The van der Waals surface area contributed by atoms with Gasteiger partial charge in [-0.05, 0) is 31.2 Å². The summed E-state index contributed by atoms with van der Waals surface area (Å²) in [5.74, 6) is 0. The minimum absolute atomic E-state index is 0.453. The summed E-state index contributed by atoms with van der Waals surface area (Å²) in [5.41, 5.74) is 0.453. The van der Waals surface area contributed by atoms with Crippen LogP contribution in [0.2, 0.25) is 0 Å². The molecule has 0 saturated heterocycles. The van der Waals surface area contributed by atoms with Crippen LogP contribution >= 0.6 is 0 Å². The molecule has 0 fully saturated rings. The zero-order valence-electron chi connectivity index (χ0n) is 8.82. The first-order valence-corrected chi connectivity index (χ1v) is 4.94. The van der Waals surface area contributed by atoms with Gasteiger partial charge in [-0.3, -0.25) is 0 Å². The van der Waals surface area contributed by atoms with Gasteiger partial charge in [0.1, 0.15) is 0 Å². The molecule has 0 aromatic rings. The predicted molar refractivity (Wildman–Crippen MR) is 56.4 cm³/mol. The van der Waals surface area contributed by atoms with E-state index in [1.54, 1.807) is 0 Å². The number of allylic oxidation sites excluding steroid dienone is 1. The van der Waals surface area contributed by atoms with E-state index in [2.05, 4.69) is 32.7 Å². The summed E-state index contributed by atoms with van der Waals surface area (Å²) < 4.78 is 0. The number of hydrogen-bond acceptors (Lipinski definition) is 1. The molecular weight excluding hydrogens is 146 g/mol. The van der Waals surface area contributed by atoms with Crippen molar-refractivity contribution in [2.45, 2.75) is 40.0 Å². The van der Waals surface area contributed by atoms with Crippen molar-refractivity contribution < 1.29 is 0 Å². The Kier molecular flexibility index (Phi) is 6.09. The average Bonchev–Trinajstić information content (AvgIpc) is 2.04. The number of hydrogen-bond donors (Lipinski definition) is 1. The third kappa shape index (κ3) is 6.41. The van der Waals surface area contributed by atoms with Crippen molar-refractivity contribution in [3.63, 3.8) is 0 Å². The lowest BCUT2D eigenvalue weighted by Gasteiger charge is -2.22. The SMILES string of the molecule is C=CCCCNCC(C)(C)CC. The Hall–Kier alpha value is -0.300. The molecular formula is C11H23N. The molecule has 0 rings (SSSR count). The molecule has 12 heavy (non-hydrogen) atoms. The highest BCUT2D eigenvalue weighted by molar-refractivity contribution is 4.70. The summed E-state index contributed by atoms with van der Waals surface area (Å²) in [6.45, 7) is 12.8. The highest BCUT2D eigenvalue weighted by Crippen LogP contribution is 2.17. The summed E-state index contributed by atoms with van der Waals surface area (Å²) in [4.78, 5) is 0. The second-order valence-corrected chi connectivity index (χ2v) is 4.13. The van der Waals surface area contributed by atoms with Crippen LogP contribution in [0.5, 0.6) is 0 Å². The van der Waals surface area contributed by atoms with Gasteiger partial charge in [-0.25, -0.2) is 0 Å². The molecule has 72 valence electrons. The molecule has 0 aliphatic heterocycles. The van der Waals surface area contributed by atoms with Gasteiger partial charge in [0.2, 0.25) is 0 Å². The first kappa shape index (κ1) is 11.7. The molecule has 0 spiro atoms. The Balaban J connectivity index is 3.24. The van der Waals surface area contributed by atoms with Crippen molar-refractivity contribution in [3.05, 3.63) is 12.7 Å². The van der Waals surface area contributed by atoms with Gasteiger partial charge in [0, 0.05) is 6.54 Å². The Morgan fingerprint density at radius 2 is 2.08 bits per heavy atom. The van der Waals surface area contributed by atoms with Crippen LogP contribution in [0, 0.1) is 5.41 Å². The van der Waals surface area contributed by atoms with E-state index in [0.29, 0.717) is 5.41 Å². The Labute approximate surface area is 77.2 Å². The third-order valence-electron chi connectivity index (χ3n) is 2.32. The van der Waals surface area contributed by atoms with Gasteiger partial charge in [-0.2, -0.15) is 0 Å². The topological polar surface area (TPSA) is 12.0 Å². The minimum atomic E-state index is 0.453. The van der Waals surface area contributed by atoms with Crippen molar-refractivity contribution in [3.8, 4) is 0 Å². The van der Waals surface area contributed by atoms with E-state index in [1.807, 2.05) is 6.08 Å². The Bertz CT molecular complexity index is 116. The van der Waals surface area contributed by atoms with E-state index in [4.69, 9.17) is 0 Å². The summed E-state index contributed by atoms with van der Waals surface area (Å²) in [6, 6.07) is 0. The maximum absolute atomic E-state index is 3.70. The van der Waals surface area contributed by atoms with Crippen molar-refractivity contribution in [2.24, 2.45) is 5.41 Å². The molecule has 0 aliphatic carbocycles. The van der Waals surface area contributed by atoms with E-state index >= 15 is 0 Å². The normalized spacial score (nSPS) is 11.6. The zero-order valence-corrected chi connectivity index (χ0v) is 8.82. The van der Waals surface area contributed by atoms with Gasteiger partial charge in [0.15, 0.2) is 0 Å². The summed E-state index contributed by atoms with van der Waals surface area (Å²) in [5, 5.41) is 3.46. The van der Waals surface area contributed by atoms with Crippen LogP contribution in [0.25, 0.3) is 0 Å². The molecule has 0 radical (unpaired) electrons. The number of rotatable bonds is 7. The largest absolute Gasteiger partial charge is 0.316 e. The lowest BCUT2D eigenvalue weighted by molar-refractivity contribution is 0.328. The van der Waals surface area contributed by atoms with Gasteiger partial charge < -0.3 is 5.32 Å². The van der Waals surface area contributed by atoms with Crippen LogP contribution < -0.4 is 5.32 Å². The molecule has 0 aromatic heterocycles. The molecule has 1 heteroatoms. The first-order valence-electron chi connectivity index (χ1n) is 4.94. The molecule has 1 N–H and O–H groups in total. The Morgan fingerprint density at radius 3 is 2.58 bits per heavy atom. The van der Waals surface area contributed by atoms with Gasteiger partial charge in [-0.15, -0.1) is 6.58 Å². The van der Waals surface area contributed by atoms with Gasteiger partial charge >= 0.3 is 0 Å². The average molecular weight is 169 g/mol. The highest BCUT2D eigenvalue weighted by atomic mass is 14.9. The second-order valence-electron chi connectivity index (χ2n) is 4.13. The maximum atomic E-state index is 3.70. The van der Waals surface area contributed by atoms with Crippen molar-refractivity contribution in [1.29, 1.82) is 0 Å². The monoisotopic (exact) mass is 169 g/mol. The zero-order chi connectivity index (χ0) is 9.45. The minimum Gasteiger partial charge on any atom is -0.316 e. The highest BCUT2D eigenvalue weighted by Gasteiger charge is 2.13. The van der Waals surface area contributed by atoms with Crippen molar-refractivity contribution in [2.75, 3.05) is 13.1 Å². The maximum Gasteiger partial charge on any atom is 0.000242 e. The number of unbranched alkanes of at least 4 members (excludes halogenated alkanes) is 1. The molecule has 0 atom stereocenters. The van der Waals surface area contributed by atoms with E-state index in [-0.39, 0.29) is 0 Å². The lowest BCUT2D eigenvalue weighted by Crippen LogP contribution is -2.29. The summed E-state index contributed by atoms with van der Waals surface area (Å²) in [6.07, 6.45) is 5.55. The first-order chi connectivity index (χ1) is 5.62. The number of nitrogens with one attached hydrogen (secondary N) is 1. The van der Waals surface area contributed by atoms with E-state index < -0.39 is 0 Å². The van der Waals surface area contributed by atoms with Crippen LogP contribution in [-0.2, 0) is 0 Å². The van der Waals surface area contributed by atoms with Crippen LogP contribution in [-0.4, -0.2) is 13.1 Å². The molecule has 0 aromatic carbocycles. The van der Waals surface area contributed by atoms with Crippen molar-refractivity contribution >= 4 is 0 Å². The van der Waals surface area contributed by atoms with Crippen LogP contribution in [0.4, 0.5) is 0 Å². The third-order valence-corrected chi connectivity index (χ3v) is 2.32. The molecule has 1 nitrogen and oxygen atoms in total. The summed E-state index contributed by atoms with van der Waals surface area (Å²) in [7, 11) is 0. The molecule has 0 heterocycles. The van der Waals surface area contributed by atoms with Gasteiger partial charge in [0.25, 0.3) is 0 Å². The van der Waals surface area contributed by atoms with E-state index in [0.717, 1.165) is 19.5 Å². The van der Waals surface area contributed by atoms with Gasteiger partial charge in [-0.1, -0.05) is 26.8 Å². The van der Waals surface area contributed by atoms with Gasteiger partial charge in [0.05, 0.1) is 0 Å². The molecule has 0 amide bonds. The quantitative estimate of drug-likeness (QED) is 0.456. The molecule has 0 bridgehead atoms. The molecule has 0 saturated carbocycles. The standard InChI is InChI=1S/C11H23N/c1-5-7-8-9-12-10-11(3,4)6-2/h5,12H,1,6-10H2,2-4H3. The van der Waals surface area contributed by atoms with Crippen LogP contribution in [0.15, 0.2) is 12.7 Å². The fraction of sp³-hybridized carbons (Fsp3) is 0.818. The summed E-state index contributed by atoms with van der Waals surface area (Å²) >= 11 is 0. The van der Waals surface area contributed by atoms with E-state index in [9.17, 15) is 0 Å². The second kappa shape index (κ2) is 6.24. The Morgan fingerprint density at radius 1 is 1.42 bits per heavy atom. The van der Waals surface area contributed by atoms with Crippen LogP contribution in [0.1, 0.15) is 40.0 Å². The molecule has 0 unspecified atom stereocenters. The lowest BCUT2D eigenvalue weighted by atomic mass is 9.90. The molecule has 0 aliphatic rings. The fourth-order valence-electron chi connectivity index (χ4n) is 0.923. The van der Waals surface area contributed by atoms with Crippen molar-refractivity contribution in [1.82, 2.24) is 5.32 Å². The van der Waals surface area contributed by atoms with Crippen LogP contribution in [0.3, 0.4) is 0 Å².